The van der Waals surface area contributed by atoms with Crippen LogP contribution in [0.25, 0.3) is 11.4 Å². The number of rotatable bonds is 5. The Balaban J connectivity index is 1.60. The fourth-order valence-electron chi connectivity index (χ4n) is 4.34. The average Bonchev–Trinajstić information content (AvgIpc) is 3.67. The fraction of sp³-hybridized carbons (Fsp3) is 0.571. The molecule has 2 aromatic rings. The average molecular weight is 538 g/mol. The molecule has 204 valence electrons. The molecule has 0 bridgehead atoms. The van der Waals surface area contributed by atoms with Crippen LogP contribution in [-0.2, 0) is 4.74 Å². The van der Waals surface area contributed by atoms with Gasteiger partial charge in [0, 0.05) is 30.7 Å². The summed E-state index contributed by atoms with van der Waals surface area (Å²) < 4.78 is 12.9. The molecule has 2 aliphatic rings. The van der Waals surface area contributed by atoms with Crippen molar-refractivity contribution in [1.29, 1.82) is 0 Å². The van der Waals surface area contributed by atoms with E-state index >= 15 is 0 Å². The summed E-state index contributed by atoms with van der Waals surface area (Å²) in [6.07, 6.45) is 3.11. The lowest BCUT2D eigenvalue weighted by Crippen LogP contribution is -2.47. The predicted molar refractivity (Wildman–Crippen MR) is 151 cm³/mol. The van der Waals surface area contributed by atoms with Gasteiger partial charge < -0.3 is 19.7 Å². The standard InChI is InChI=1S/C28H39N5O4Si/c1-28(2,3)37-27(35)32-15-8-9-20(18-32)29-24-26(34)33(21-11-12-21)25(31-30-24)22-13-10-19(17-23(22)36-4)14-16-38(5,6)7/h10,13,17,20-21H,8-9,11-12,15,18H2,1-7H3,(H,29,30)/t20-/m1/s1. The fourth-order valence-corrected chi connectivity index (χ4v) is 4.86. The monoisotopic (exact) mass is 537 g/mol. The van der Waals surface area contributed by atoms with E-state index in [0.29, 0.717) is 30.2 Å². The van der Waals surface area contributed by atoms with E-state index in [1.807, 2.05) is 39.0 Å². The van der Waals surface area contributed by atoms with E-state index < -0.39 is 13.7 Å². The van der Waals surface area contributed by atoms with E-state index in [4.69, 9.17) is 9.47 Å². The maximum Gasteiger partial charge on any atom is 0.410 e. The second-order valence-electron chi connectivity index (χ2n) is 12.1. The van der Waals surface area contributed by atoms with Gasteiger partial charge in [-0.15, -0.1) is 15.7 Å². The van der Waals surface area contributed by atoms with Crippen LogP contribution in [0, 0.1) is 11.5 Å². The lowest BCUT2D eigenvalue weighted by Gasteiger charge is -2.34. The SMILES string of the molecule is COc1cc(C#C[Si](C)(C)C)ccc1-c1nnc(N[C@@H]2CCCN(C(=O)OC(C)(C)C)C2)c(=O)n1C1CC1. The predicted octanol–water partition coefficient (Wildman–Crippen LogP) is 4.69. The van der Waals surface area contributed by atoms with Gasteiger partial charge in [-0.2, -0.15) is 0 Å². The third kappa shape index (κ3) is 6.95. The summed E-state index contributed by atoms with van der Waals surface area (Å²) in [4.78, 5) is 27.9. The Kier molecular flexibility index (Phi) is 7.88. The number of nitrogens with zero attached hydrogens (tertiary/aromatic N) is 4. The van der Waals surface area contributed by atoms with Crippen LogP contribution in [0.4, 0.5) is 10.6 Å². The first-order chi connectivity index (χ1) is 17.8. The first kappa shape index (κ1) is 27.7. The van der Waals surface area contributed by atoms with Crippen molar-refractivity contribution in [3.05, 3.63) is 34.1 Å². The molecule has 2 fully saturated rings. The van der Waals surface area contributed by atoms with Crippen LogP contribution in [0.2, 0.25) is 19.6 Å². The maximum absolute atomic E-state index is 13.6. The second-order valence-corrected chi connectivity index (χ2v) is 16.9. The van der Waals surface area contributed by atoms with Gasteiger partial charge in [-0.3, -0.25) is 9.36 Å². The Bertz CT molecular complexity index is 1310. The number of piperidine rings is 1. The van der Waals surface area contributed by atoms with E-state index in [-0.39, 0.29) is 29.6 Å². The van der Waals surface area contributed by atoms with E-state index in [9.17, 15) is 9.59 Å². The summed E-state index contributed by atoms with van der Waals surface area (Å²) >= 11 is 0. The minimum atomic E-state index is -1.52. The lowest BCUT2D eigenvalue weighted by molar-refractivity contribution is 0.0206. The second kappa shape index (κ2) is 10.8. The molecule has 10 heteroatoms. The smallest absolute Gasteiger partial charge is 0.410 e. The minimum absolute atomic E-state index is 0.0780. The number of carbonyl (C=O) groups is 1. The first-order valence-electron chi connectivity index (χ1n) is 13.3. The molecule has 1 atom stereocenters. The summed E-state index contributed by atoms with van der Waals surface area (Å²) in [5, 5.41) is 12.1. The van der Waals surface area contributed by atoms with Crippen LogP contribution in [0.5, 0.6) is 5.75 Å². The molecule has 1 aromatic heterocycles. The van der Waals surface area contributed by atoms with Crippen molar-refractivity contribution in [2.24, 2.45) is 0 Å². The molecular formula is C28H39N5O4Si. The number of likely N-dealkylation sites (tertiary alicyclic amines) is 1. The third-order valence-electron chi connectivity index (χ3n) is 6.24. The number of carbonyl (C=O) groups excluding carboxylic acids is 1. The van der Waals surface area contributed by atoms with Crippen molar-refractivity contribution in [1.82, 2.24) is 19.7 Å². The molecule has 2 heterocycles. The van der Waals surface area contributed by atoms with Crippen LogP contribution < -0.4 is 15.6 Å². The summed E-state index contributed by atoms with van der Waals surface area (Å²) in [6, 6.07) is 5.70. The van der Waals surface area contributed by atoms with Gasteiger partial charge in [0.2, 0.25) is 5.82 Å². The molecule has 9 nitrogen and oxygen atoms in total. The van der Waals surface area contributed by atoms with Gasteiger partial charge in [0.05, 0.1) is 12.7 Å². The number of methoxy groups -OCH3 is 1. The number of amides is 1. The van der Waals surface area contributed by atoms with E-state index in [2.05, 4.69) is 46.6 Å². The van der Waals surface area contributed by atoms with Crippen LogP contribution in [0.1, 0.15) is 58.1 Å². The molecule has 1 amide bonds. The lowest BCUT2D eigenvalue weighted by atomic mass is 10.1. The van der Waals surface area contributed by atoms with Crippen molar-refractivity contribution in [3.63, 3.8) is 0 Å². The van der Waals surface area contributed by atoms with Crippen LogP contribution in [0.3, 0.4) is 0 Å². The molecule has 0 radical (unpaired) electrons. The Morgan fingerprint density at radius 2 is 1.89 bits per heavy atom. The van der Waals surface area contributed by atoms with Crippen molar-refractivity contribution >= 4 is 20.0 Å². The van der Waals surface area contributed by atoms with Gasteiger partial charge in [0.25, 0.3) is 5.56 Å². The number of nitrogens with one attached hydrogen (secondary N) is 1. The number of ether oxygens (including phenoxy) is 2. The van der Waals surface area contributed by atoms with Crippen LogP contribution in [-0.4, -0.2) is 65.7 Å². The van der Waals surface area contributed by atoms with Gasteiger partial charge in [-0.1, -0.05) is 25.6 Å². The van der Waals surface area contributed by atoms with E-state index in [1.54, 1.807) is 16.6 Å². The zero-order chi connectivity index (χ0) is 27.7. The van der Waals surface area contributed by atoms with Crippen molar-refractivity contribution in [2.45, 2.75) is 83.8 Å². The zero-order valence-electron chi connectivity index (χ0n) is 23.6. The maximum atomic E-state index is 13.6. The molecule has 0 unspecified atom stereocenters. The highest BCUT2D eigenvalue weighted by atomic mass is 28.3. The van der Waals surface area contributed by atoms with Crippen LogP contribution >= 0.6 is 0 Å². The number of hydrogen-bond acceptors (Lipinski definition) is 7. The highest BCUT2D eigenvalue weighted by Gasteiger charge is 2.32. The summed E-state index contributed by atoms with van der Waals surface area (Å²) in [5.74, 6) is 4.56. The number of aromatic nitrogens is 3. The van der Waals surface area contributed by atoms with Gasteiger partial charge >= 0.3 is 6.09 Å². The molecule has 0 spiro atoms. The van der Waals surface area contributed by atoms with E-state index in [1.165, 1.54) is 0 Å². The molecule has 1 aliphatic heterocycles. The molecule has 38 heavy (non-hydrogen) atoms. The Morgan fingerprint density at radius 1 is 1.16 bits per heavy atom. The molecule has 4 rings (SSSR count). The molecule has 1 aliphatic carbocycles. The molecular weight excluding hydrogens is 498 g/mol. The number of anilines is 1. The quantitative estimate of drug-likeness (QED) is 0.436. The topological polar surface area (TPSA) is 98.6 Å². The molecule has 1 N–H and O–H groups in total. The van der Waals surface area contributed by atoms with Crippen LogP contribution in [0.15, 0.2) is 23.0 Å². The van der Waals surface area contributed by atoms with Gasteiger partial charge in [-0.05, 0) is 64.7 Å². The normalized spacial score (nSPS) is 17.9. The largest absolute Gasteiger partial charge is 0.496 e. The molecule has 1 aromatic carbocycles. The van der Waals surface area contributed by atoms with Crippen molar-refractivity contribution < 1.29 is 14.3 Å². The van der Waals surface area contributed by atoms with Gasteiger partial charge in [0.15, 0.2) is 5.82 Å². The minimum Gasteiger partial charge on any atom is -0.496 e. The summed E-state index contributed by atoms with van der Waals surface area (Å²) in [6.45, 7) is 13.2. The third-order valence-corrected chi connectivity index (χ3v) is 7.12. The molecule has 1 saturated heterocycles. The summed E-state index contributed by atoms with van der Waals surface area (Å²) in [5.41, 5.74) is 4.18. The van der Waals surface area contributed by atoms with Crippen molar-refractivity contribution in [2.75, 3.05) is 25.5 Å². The Hall–Kier alpha value is -3.32. The number of benzene rings is 1. The first-order valence-corrected chi connectivity index (χ1v) is 16.8. The Morgan fingerprint density at radius 3 is 2.53 bits per heavy atom. The van der Waals surface area contributed by atoms with E-state index in [0.717, 1.165) is 31.2 Å². The van der Waals surface area contributed by atoms with Gasteiger partial charge in [0.1, 0.15) is 19.4 Å². The highest BCUT2D eigenvalue weighted by molar-refractivity contribution is 6.83. The van der Waals surface area contributed by atoms with Crippen molar-refractivity contribution in [3.8, 4) is 28.6 Å². The Labute approximate surface area is 225 Å². The van der Waals surface area contributed by atoms with Gasteiger partial charge in [-0.25, -0.2) is 4.79 Å². The summed E-state index contributed by atoms with van der Waals surface area (Å²) in [7, 11) is 0.0880. The highest BCUT2D eigenvalue weighted by Crippen LogP contribution is 2.38. The zero-order valence-corrected chi connectivity index (χ0v) is 24.6. The molecule has 1 saturated carbocycles. The number of hydrogen-bond donors (Lipinski definition) is 1.